The molecule has 0 aromatic carbocycles. The highest BCUT2D eigenvalue weighted by atomic mass is 35.5. The first-order valence-electron chi connectivity index (χ1n) is 4.03. The molecule has 0 fully saturated rings. The van der Waals surface area contributed by atoms with Crippen molar-refractivity contribution in [2.24, 2.45) is 4.99 Å². The maximum atomic E-state index is 7.38. The van der Waals surface area contributed by atoms with Crippen molar-refractivity contribution < 1.29 is 0 Å². The molecule has 0 aliphatic carbocycles. The Morgan fingerprint density at radius 1 is 1.12 bits per heavy atom. The number of hydrogen-bond acceptors (Lipinski definition) is 7. The van der Waals surface area contributed by atoms with Gasteiger partial charge in [0.05, 0.1) is 0 Å². The van der Waals surface area contributed by atoms with Crippen LogP contribution in [0.2, 0.25) is 5.28 Å². The fraction of sp³-hybridized carbons (Fsp3) is 0. The Kier molecular flexibility index (Phi) is 1.82. The van der Waals surface area contributed by atoms with E-state index in [1.807, 2.05) is 0 Å². The summed E-state index contributed by atoms with van der Waals surface area (Å²) >= 11 is 11.4. The molecule has 10 heteroatoms. The summed E-state index contributed by atoms with van der Waals surface area (Å²) in [5.74, 6) is 0.681. The fourth-order valence-corrected chi connectivity index (χ4v) is 1.60. The molecule has 16 heavy (non-hydrogen) atoms. The predicted molar refractivity (Wildman–Crippen MR) is 56.0 cm³/mol. The molecule has 0 bridgehead atoms. The van der Waals surface area contributed by atoms with Crippen molar-refractivity contribution in [1.29, 1.82) is 5.41 Å². The zero-order valence-electron chi connectivity index (χ0n) is 7.44. The summed E-state index contributed by atoms with van der Waals surface area (Å²) < 4.78 is 1.41. The molecule has 0 saturated carbocycles. The molecular weight excluding hydrogens is 255 g/mol. The predicted octanol–water partition coefficient (Wildman–Crippen LogP) is 0.304. The molecule has 1 aliphatic rings. The lowest BCUT2D eigenvalue weighted by atomic mass is 10.7. The van der Waals surface area contributed by atoms with Gasteiger partial charge in [0, 0.05) is 0 Å². The van der Waals surface area contributed by atoms with Crippen molar-refractivity contribution >= 4 is 46.2 Å². The molecule has 0 atom stereocenters. The van der Waals surface area contributed by atoms with E-state index in [-0.39, 0.29) is 27.9 Å². The van der Waals surface area contributed by atoms with Gasteiger partial charge in [-0.2, -0.15) is 24.9 Å². The second-order valence-electron chi connectivity index (χ2n) is 2.83. The van der Waals surface area contributed by atoms with Crippen LogP contribution in [0.1, 0.15) is 0 Å². The van der Waals surface area contributed by atoms with Crippen molar-refractivity contribution in [2.75, 3.05) is 5.32 Å². The fourth-order valence-electron chi connectivity index (χ4n) is 1.28. The second-order valence-corrected chi connectivity index (χ2v) is 3.52. The highest BCUT2D eigenvalue weighted by Crippen LogP contribution is 2.20. The molecule has 0 unspecified atom stereocenters. The van der Waals surface area contributed by atoms with Gasteiger partial charge in [-0.05, 0) is 23.2 Å². The number of nitrogens with zero attached hydrogens (tertiary/aromatic N) is 6. The molecule has 80 valence electrons. The maximum Gasteiger partial charge on any atom is 0.248 e. The van der Waals surface area contributed by atoms with E-state index >= 15 is 0 Å². The van der Waals surface area contributed by atoms with Crippen LogP contribution in [0, 0.1) is 5.41 Å². The molecule has 0 amide bonds. The van der Waals surface area contributed by atoms with Gasteiger partial charge in [-0.3, -0.25) is 10.7 Å². The molecule has 0 spiro atoms. The number of aromatic nitrogens is 5. The Balaban J connectivity index is 2.54. The third-order valence-electron chi connectivity index (χ3n) is 1.83. The first kappa shape index (κ1) is 9.43. The smallest absolute Gasteiger partial charge is 0.248 e. The molecule has 0 radical (unpaired) electrons. The molecule has 2 aromatic heterocycles. The van der Waals surface area contributed by atoms with Gasteiger partial charge in [-0.1, -0.05) is 0 Å². The first-order valence-corrected chi connectivity index (χ1v) is 4.79. The molecule has 8 nitrogen and oxygen atoms in total. The van der Waals surface area contributed by atoms with E-state index in [0.717, 1.165) is 0 Å². The topological polar surface area (TPSA) is 104 Å². The molecule has 3 heterocycles. The summed E-state index contributed by atoms with van der Waals surface area (Å²) in [6.45, 7) is 0. The van der Waals surface area contributed by atoms with E-state index in [9.17, 15) is 0 Å². The van der Waals surface area contributed by atoms with Gasteiger partial charge in [0.25, 0.3) is 0 Å². The quantitative estimate of drug-likeness (QED) is 0.660. The van der Waals surface area contributed by atoms with E-state index < -0.39 is 0 Å². The molecule has 1 aliphatic heterocycles. The van der Waals surface area contributed by atoms with Gasteiger partial charge < -0.3 is 0 Å². The third kappa shape index (κ3) is 1.31. The summed E-state index contributed by atoms with van der Waals surface area (Å²) in [6, 6.07) is 0. The monoisotopic (exact) mass is 256 g/mol. The molecular formula is C6H2Cl2N8. The SMILES string of the molecule is N=c1nc2n3c(nc(Cl)nc3n1)NC(Cl)=N2. The minimum Gasteiger partial charge on any atom is -0.300 e. The van der Waals surface area contributed by atoms with E-state index in [4.69, 9.17) is 28.6 Å². The van der Waals surface area contributed by atoms with E-state index in [2.05, 4.69) is 30.2 Å². The first-order chi connectivity index (χ1) is 7.63. The maximum absolute atomic E-state index is 7.38. The van der Waals surface area contributed by atoms with Crippen molar-refractivity contribution in [2.45, 2.75) is 0 Å². The Morgan fingerprint density at radius 2 is 1.94 bits per heavy atom. The Morgan fingerprint density at radius 3 is 2.75 bits per heavy atom. The van der Waals surface area contributed by atoms with Gasteiger partial charge in [0.15, 0.2) is 0 Å². The van der Waals surface area contributed by atoms with Gasteiger partial charge >= 0.3 is 0 Å². The van der Waals surface area contributed by atoms with Crippen LogP contribution in [-0.4, -0.2) is 29.6 Å². The molecule has 2 N–H and O–H groups in total. The van der Waals surface area contributed by atoms with Gasteiger partial charge in [-0.25, -0.2) is 4.40 Å². The van der Waals surface area contributed by atoms with Gasteiger partial charge in [0.2, 0.25) is 33.9 Å². The van der Waals surface area contributed by atoms with Crippen molar-refractivity contribution in [3.63, 3.8) is 0 Å². The lowest BCUT2D eigenvalue weighted by Gasteiger charge is -2.13. The lowest BCUT2D eigenvalue weighted by Crippen LogP contribution is -2.22. The summed E-state index contributed by atoms with van der Waals surface area (Å²) in [4.78, 5) is 19.3. The van der Waals surface area contributed by atoms with Crippen LogP contribution in [0.5, 0.6) is 0 Å². The van der Waals surface area contributed by atoms with Gasteiger partial charge in [-0.15, -0.1) is 0 Å². The van der Waals surface area contributed by atoms with E-state index in [0.29, 0.717) is 5.95 Å². The number of amidine groups is 1. The average molecular weight is 257 g/mol. The van der Waals surface area contributed by atoms with Crippen LogP contribution in [0.3, 0.4) is 0 Å². The van der Waals surface area contributed by atoms with Crippen LogP contribution >= 0.6 is 23.2 Å². The molecule has 3 rings (SSSR count). The van der Waals surface area contributed by atoms with E-state index in [1.54, 1.807) is 0 Å². The highest BCUT2D eigenvalue weighted by molar-refractivity contribution is 6.67. The Labute approximate surface area is 97.5 Å². The number of anilines is 1. The summed E-state index contributed by atoms with van der Waals surface area (Å²) in [6.07, 6.45) is 0. The Hall–Kier alpha value is -1.80. The minimum absolute atomic E-state index is 0.00193. The number of nitrogens with one attached hydrogen (secondary N) is 2. The number of hydrogen-bond donors (Lipinski definition) is 2. The number of rotatable bonds is 0. The number of halogens is 2. The van der Waals surface area contributed by atoms with Crippen molar-refractivity contribution in [3.8, 4) is 0 Å². The van der Waals surface area contributed by atoms with Crippen LogP contribution in [0.25, 0.3) is 5.78 Å². The van der Waals surface area contributed by atoms with Gasteiger partial charge in [0.1, 0.15) is 0 Å². The van der Waals surface area contributed by atoms with Crippen LogP contribution in [-0.2, 0) is 0 Å². The third-order valence-corrected chi connectivity index (χ3v) is 2.18. The van der Waals surface area contributed by atoms with Crippen LogP contribution in [0.15, 0.2) is 4.99 Å². The summed E-state index contributed by atoms with van der Waals surface area (Å²) in [7, 11) is 0. The van der Waals surface area contributed by atoms with Crippen LogP contribution in [0.4, 0.5) is 11.9 Å². The van der Waals surface area contributed by atoms with Crippen molar-refractivity contribution in [1.82, 2.24) is 24.3 Å². The standard InChI is InChI=1S/C6H2Cl2N8/c7-1-10-4-11-2(8)13-6-15-3(9)14-5(12-1)16(4)6/h(H2,9,10,11,12,13,14,15). The highest BCUT2D eigenvalue weighted by Gasteiger charge is 2.17. The van der Waals surface area contributed by atoms with E-state index in [1.165, 1.54) is 4.40 Å². The normalized spacial score (nSPS) is 13.5. The average Bonchev–Trinajstić information content (AvgIpc) is 2.14. The second kappa shape index (κ2) is 3.09. The zero-order chi connectivity index (χ0) is 11.3. The molecule has 2 aromatic rings. The lowest BCUT2D eigenvalue weighted by molar-refractivity contribution is 0.861. The van der Waals surface area contributed by atoms with Crippen molar-refractivity contribution in [3.05, 3.63) is 10.9 Å². The van der Waals surface area contributed by atoms with Crippen LogP contribution < -0.4 is 10.9 Å². The minimum atomic E-state index is -0.217. The largest absolute Gasteiger partial charge is 0.300 e. The number of aliphatic imine (C=N–C) groups is 1. The molecule has 0 saturated heterocycles. The summed E-state index contributed by atoms with van der Waals surface area (Å²) in [5.41, 5.74) is -0.217. The summed E-state index contributed by atoms with van der Waals surface area (Å²) in [5, 5.41) is 10.2. The zero-order valence-corrected chi connectivity index (χ0v) is 8.95. The Bertz CT molecular complexity index is 689.